The number of aryl methyl sites for hydroxylation is 1. The highest BCUT2D eigenvalue weighted by Gasteiger charge is 2.49. The molecular weight excluding hydrogens is 470 g/mol. The zero-order chi connectivity index (χ0) is 26.7. The summed E-state index contributed by atoms with van der Waals surface area (Å²) in [5.41, 5.74) is 4.83. The monoisotopic (exact) mass is 503 g/mol. The SMILES string of the molecule is CCOC(=O)C1=C(C)NC2=C(C(=O)[C@H](C(=O)OCC)[C@H](c3ccc(OC)cc3)C2)[C@@H]1c1ccc(C)cc1. The first-order chi connectivity index (χ1) is 17.8. The van der Waals surface area contributed by atoms with Gasteiger partial charge in [0.1, 0.15) is 11.7 Å². The molecule has 2 aromatic carbocycles. The van der Waals surface area contributed by atoms with Crippen molar-refractivity contribution in [2.24, 2.45) is 5.92 Å². The lowest BCUT2D eigenvalue weighted by Crippen LogP contribution is -2.43. The summed E-state index contributed by atoms with van der Waals surface area (Å²) in [6.45, 7) is 7.64. The van der Waals surface area contributed by atoms with Gasteiger partial charge in [-0.05, 0) is 57.4 Å². The van der Waals surface area contributed by atoms with E-state index < -0.39 is 29.7 Å². The van der Waals surface area contributed by atoms with E-state index in [1.54, 1.807) is 21.0 Å². The van der Waals surface area contributed by atoms with E-state index in [0.29, 0.717) is 34.7 Å². The molecular formula is C30H33NO6. The molecule has 2 aromatic rings. The summed E-state index contributed by atoms with van der Waals surface area (Å²) >= 11 is 0. The first kappa shape index (κ1) is 26.2. The van der Waals surface area contributed by atoms with Crippen LogP contribution in [0.4, 0.5) is 0 Å². The van der Waals surface area contributed by atoms with Gasteiger partial charge in [0.05, 0.1) is 25.9 Å². The van der Waals surface area contributed by atoms with Crippen molar-refractivity contribution in [3.63, 3.8) is 0 Å². The number of esters is 2. The molecule has 0 spiro atoms. The Morgan fingerprint density at radius 3 is 2.14 bits per heavy atom. The summed E-state index contributed by atoms with van der Waals surface area (Å²) in [5, 5.41) is 3.32. The molecule has 0 aromatic heterocycles. The Bertz CT molecular complexity index is 1260. The van der Waals surface area contributed by atoms with E-state index >= 15 is 0 Å². The second-order valence-electron chi connectivity index (χ2n) is 9.30. The van der Waals surface area contributed by atoms with Gasteiger partial charge in [0.25, 0.3) is 0 Å². The van der Waals surface area contributed by atoms with Crippen LogP contribution in [-0.4, -0.2) is 38.0 Å². The standard InChI is InChI=1S/C30H33NO6/c1-6-36-29(33)24-18(4)31-23-16-22(19-12-14-21(35-5)15-13-19)26(30(34)37-7-2)28(32)27(23)25(24)20-10-8-17(3)9-11-20/h8-15,22,25-26,31H,6-7,16H2,1-5H3/t22-,25+,26+/m0/s1. The predicted octanol–water partition coefficient (Wildman–Crippen LogP) is 4.72. The number of hydrogen-bond acceptors (Lipinski definition) is 7. The average Bonchev–Trinajstić information content (AvgIpc) is 2.88. The van der Waals surface area contributed by atoms with E-state index in [9.17, 15) is 14.4 Å². The zero-order valence-corrected chi connectivity index (χ0v) is 21.9. The number of rotatable bonds is 7. The van der Waals surface area contributed by atoms with Crippen LogP contribution in [0.2, 0.25) is 0 Å². The van der Waals surface area contributed by atoms with Crippen molar-refractivity contribution in [1.82, 2.24) is 5.32 Å². The Hall–Kier alpha value is -3.87. The van der Waals surface area contributed by atoms with Crippen molar-refractivity contribution >= 4 is 17.7 Å². The highest BCUT2D eigenvalue weighted by atomic mass is 16.5. The molecule has 0 amide bonds. The molecule has 3 atom stereocenters. The molecule has 7 heteroatoms. The van der Waals surface area contributed by atoms with Crippen molar-refractivity contribution in [1.29, 1.82) is 0 Å². The number of Topliss-reactive ketones (excluding diaryl/α,β-unsaturated/α-hetero) is 1. The molecule has 1 N–H and O–H groups in total. The minimum absolute atomic E-state index is 0.163. The van der Waals surface area contributed by atoms with E-state index in [1.165, 1.54) is 0 Å². The van der Waals surface area contributed by atoms with E-state index in [2.05, 4.69) is 5.32 Å². The first-order valence-electron chi connectivity index (χ1n) is 12.6. The highest BCUT2D eigenvalue weighted by Crippen LogP contribution is 2.48. The number of hydrogen-bond donors (Lipinski definition) is 1. The van der Waals surface area contributed by atoms with Crippen LogP contribution in [0.15, 0.2) is 71.1 Å². The third-order valence-corrected chi connectivity index (χ3v) is 7.01. The van der Waals surface area contributed by atoms with Crippen LogP contribution >= 0.6 is 0 Å². The molecule has 0 saturated heterocycles. The van der Waals surface area contributed by atoms with Gasteiger partial charge in [0.15, 0.2) is 5.78 Å². The molecule has 1 aliphatic carbocycles. The lowest BCUT2D eigenvalue weighted by atomic mass is 9.67. The van der Waals surface area contributed by atoms with Crippen molar-refractivity contribution in [2.75, 3.05) is 20.3 Å². The van der Waals surface area contributed by atoms with E-state index in [0.717, 1.165) is 16.7 Å². The predicted molar refractivity (Wildman–Crippen MR) is 139 cm³/mol. The Morgan fingerprint density at radius 1 is 0.919 bits per heavy atom. The van der Waals surface area contributed by atoms with Crippen LogP contribution < -0.4 is 10.1 Å². The normalized spacial score (nSPS) is 21.2. The van der Waals surface area contributed by atoms with E-state index in [1.807, 2.05) is 62.4 Å². The average molecular weight is 504 g/mol. The van der Waals surface area contributed by atoms with Gasteiger partial charge in [-0.1, -0.05) is 42.0 Å². The second kappa shape index (κ2) is 11.0. The van der Waals surface area contributed by atoms with Gasteiger partial charge >= 0.3 is 11.9 Å². The van der Waals surface area contributed by atoms with Gasteiger partial charge in [-0.3, -0.25) is 9.59 Å². The van der Waals surface area contributed by atoms with Crippen molar-refractivity contribution in [2.45, 2.75) is 46.0 Å². The zero-order valence-electron chi connectivity index (χ0n) is 21.9. The van der Waals surface area contributed by atoms with Crippen molar-refractivity contribution in [3.05, 3.63) is 87.8 Å². The second-order valence-corrected chi connectivity index (χ2v) is 9.30. The largest absolute Gasteiger partial charge is 0.497 e. The van der Waals surface area contributed by atoms with Crippen molar-refractivity contribution in [3.8, 4) is 5.75 Å². The van der Waals surface area contributed by atoms with Gasteiger partial charge in [0.2, 0.25) is 0 Å². The Kier molecular flexibility index (Phi) is 7.81. The summed E-state index contributed by atoms with van der Waals surface area (Å²) in [5.74, 6) is -2.83. The van der Waals surface area contributed by atoms with Crippen LogP contribution in [-0.2, 0) is 23.9 Å². The quantitative estimate of drug-likeness (QED) is 0.432. The van der Waals surface area contributed by atoms with Crippen LogP contribution in [0.25, 0.3) is 0 Å². The van der Waals surface area contributed by atoms with Crippen LogP contribution in [0.3, 0.4) is 0 Å². The number of methoxy groups -OCH3 is 1. The van der Waals surface area contributed by atoms with Crippen molar-refractivity contribution < 1.29 is 28.6 Å². The summed E-state index contributed by atoms with van der Waals surface area (Å²) in [6, 6.07) is 15.1. The minimum Gasteiger partial charge on any atom is -0.497 e. The lowest BCUT2D eigenvalue weighted by Gasteiger charge is -2.39. The molecule has 0 bridgehead atoms. The third kappa shape index (κ3) is 5.03. The molecule has 0 fully saturated rings. The first-order valence-corrected chi connectivity index (χ1v) is 12.6. The number of ether oxygens (including phenoxy) is 3. The molecule has 0 unspecified atom stereocenters. The molecule has 4 rings (SSSR count). The maximum Gasteiger partial charge on any atom is 0.336 e. The number of dihydropyridines is 1. The number of carbonyl (C=O) groups is 3. The molecule has 2 aliphatic rings. The van der Waals surface area contributed by atoms with Crippen LogP contribution in [0.1, 0.15) is 55.7 Å². The molecule has 1 heterocycles. The minimum atomic E-state index is -1.04. The third-order valence-electron chi connectivity index (χ3n) is 7.01. The fraction of sp³-hybridized carbons (Fsp3) is 0.367. The number of carbonyl (C=O) groups excluding carboxylic acids is 3. The molecule has 1 aliphatic heterocycles. The Morgan fingerprint density at radius 2 is 1.54 bits per heavy atom. The lowest BCUT2D eigenvalue weighted by molar-refractivity contribution is -0.152. The maximum atomic E-state index is 14.3. The van der Waals surface area contributed by atoms with Gasteiger partial charge in [-0.25, -0.2) is 4.79 Å². The summed E-state index contributed by atoms with van der Waals surface area (Å²) in [6.07, 6.45) is 0.409. The van der Waals surface area contributed by atoms with Gasteiger partial charge in [-0.15, -0.1) is 0 Å². The summed E-state index contributed by atoms with van der Waals surface area (Å²) in [4.78, 5) is 40.7. The topological polar surface area (TPSA) is 90.9 Å². The Balaban J connectivity index is 1.87. The van der Waals surface area contributed by atoms with Gasteiger partial charge in [0, 0.05) is 28.8 Å². The number of ketones is 1. The van der Waals surface area contributed by atoms with Gasteiger partial charge < -0.3 is 19.5 Å². The van der Waals surface area contributed by atoms with Gasteiger partial charge in [-0.2, -0.15) is 0 Å². The fourth-order valence-corrected chi connectivity index (χ4v) is 5.27. The van der Waals surface area contributed by atoms with E-state index in [4.69, 9.17) is 14.2 Å². The Labute approximate surface area is 217 Å². The molecule has 0 radical (unpaired) electrons. The summed E-state index contributed by atoms with van der Waals surface area (Å²) < 4.78 is 16.1. The fourth-order valence-electron chi connectivity index (χ4n) is 5.27. The number of benzene rings is 2. The smallest absolute Gasteiger partial charge is 0.336 e. The highest BCUT2D eigenvalue weighted by molar-refractivity contribution is 6.13. The number of nitrogens with one attached hydrogen (secondary N) is 1. The van der Waals surface area contributed by atoms with E-state index in [-0.39, 0.29) is 19.0 Å². The molecule has 0 saturated carbocycles. The van der Waals surface area contributed by atoms with Crippen LogP contribution in [0.5, 0.6) is 5.75 Å². The summed E-state index contributed by atoms with van der Waals surface area (Å²) in [7, 11) is 1.59. The molecule has 37 heavy (non-hydrogen) atoms. The number of allylic oxidation sites excluding steroid dienone is 3. The molecule has 194 valence electrons. The van der Waals surface area contributed by atoms with Crippen LogP contribution in [0, 0.1) is 12.8 Å². The molecule has 7 nitrogen and oxygen atoms in total. The maximum absolute atomic E-state index is 14.3.